The summed E-state index contributed by atoms with van der Waals surface area (Å²) in [5.41, 5.74) is 2.51. The van der Waals surface area contributed by atoms with E-state index in [1.807, 2.05) is 39.2 Å². The predicted octanol–water partition coefficient (Wildman–Crippen LogP) is 2.82. The van der Waals surface area contributed by atoms with Gasteiger partial charge in [0.25, 0.3) is 5.91 Å². The molecule has 0 atom stereocenters. The number of nitrogens with one attached hydrogen (secondary N) is 2. The van der Waals surface area contributed by atoms with Crippen LogP contribution in [0.15, 0.2) is 36.5 Å². The number of ether oxygens (including phenoxy) is 1. The maximum absolute atomic E-state index is 12.1. The Balaban J connectivity index is 1.96. The van der Waals surface area contributed by atoms with Gasteiger partial charge in [-0.15, -0.1) is 0 Å². The van der Waals surface area contributed by atoms with E-state index in [1.54, 1.807) is 25.4 Å². The highest BCUT2D eigenvalue weighted by molar-refractivity contribution is 5.94. The summed E-state index contributed by atoms with van der Waals surface area (Å²) in [5, 5.41) is 6.13. The van der Waals surface area contributed by atoms with Crippen LogP contribution in [0, 0.1) is 6.92 Å². The first-order valence-corrected chi connectivity index (χ1v) is 8.30. The summed E-state index contributed by atoms with van der Waals surface area (Å²) < 4.78 is 5.35. The van der Waals surface area contributed by atoms with E-state index in [2.05, 4.69) is 20.5 Å². The molecule has 1 aromatic heterocycles. The molecule has 2 N–H and O–H groups in total. The van der Waals surface area contributed by atoms with Crippen molar-refractivity contribution in [2.75, 3.05) is 39.6 Å². The summed E-state index contributed by atoms with van der Waals surface area (Å²) in [4.78, 5) is 18.5. The minimum Gasteiger partial charge on any atom is -0.495 e. The molecule has 0 bridgehead atoms. The summed E-state index contributed by atoms with van der Waals surface area (Å²) >= 11 is 0. The number of amides is 1. The highest BCUT2D eigenvalue weighted by Gasteiger charge is 2.08. The van der Waals surface area contributed by atoms with Crippen molar-refractivity contribution in [2.45, 2.75) is 13.3 Å². The second kappa shape index (κ2) is 9.03. The lowest BCUT2D eigenvalue weighted by atomic mass is 10.2. The SMILES string of the molecule is COc1ccc(C)cc1Nc1ccc(C(=O)NCCCN(C)C)cn1. The maximum Gasteiger partial charge on any atom is 0.252 e. The molecule has 134 valence electrons. The average molecular weight is 342 g/mol. The lowest BCUT2D eigenvalue weighted by Gasteiger charge is -2.12. The fourth-order valence-electron chi connectivity index (χ4n) is 2.36. The molecule has 0 spiro atoms. The summed E-state index contributed by atoms with van der Waals surface area (Å²) in [6.45, 7) is 3.61. The number of aromatic nitrogens is 1. The molecule has 0 aliphatic heterocycles. The number of anilines is 2. The Labute approximate surface area is 149 Å². The van der Waals surface area contributed by atoms with Gasteiger partial charge in [-0.25, -0.2) is 4.98 Å². The monoisotopic (exact) mass is 342 g/mol. The van der Waals surface area contributed by atoms with Crippen LogP contribution < -0.4 is 15.4 Å². The zero-order valence-electron chi connectivity index (χ0n) is 15.3. The topological polar surface area (TPSA) is 66.5 Å². The lowest BCUT2D eigenvalue weighted by molar-refractivity contribution is 0.0952. The normalized spacial score (nSPS) is 10.6. The van der Waals surface area contributed by atoms with Gasteiger partial charge < -0.3 is 20.3 Å². The molecule has 0 aliphatic rings. The molecular weight excluding hydrogens is 316 g/mol. The fourth-order valence-corrected chi connectivity index (χ4v) is 2.36. The third-order valence-electron chi connectivity index (χ3n) is 3.71. The van der Waals surface area contributed by atoms with Crippen LogP contribution in [-0.4, -0.2) is 50.1 Å². The van der Waals surface area contributed by atoms with Gasteiger partial charge in [-0.05, 0) is 63.8 Å². The van der Waals surface area contributed by atoms with Crippen molar-refractivity contribution in [3.8, 4) is 5.75 Å². The van der Waals surface area contributed by atoms with Gasteiger partial charge in [-0.3, -0.25) is 4.79 Å². The van der Waals surface area contributed by atoms with Crippen molar-refractivity contribution in [1.29, 1.82) is 0 Å². The van der Waals surface area contributed by atoms with E-state index < -0.39 is 0 Å². The average Bonchev–Trinajstić information content (AvgIpc) is 2.59. The number of carbonyl (C=O) groups is 1. The van der Waals surface area contributed by atoms with Gasteiger partial charge in [-0.1, -0.05) is 6.07 Å². The van der Waals surface area contributed by atoms with E-state index in [-0.39, 0.29) is 5.91 Å². The van der Waals surface area contributed by atoms with Crippen molar-refractivity contribution in [3.05, 3.63) is 47.7 Å². The third kappa shape index (κ3) is 5.76. The molecule has 0 saturated carbocycles. The van der Waals surface area contributed by atoms with Crippen molar-refractivity contribution in [3.63, 3.8) is 0 Å². The minimum absolute atomic E-state index is 0.106. The van der Waals surface area contributed by atoms with Crippen molar-refractivity contribution >= 4 is 17.4 Å². The molecular formula is C19H26N4O2. The Hall–Kier alpha value is -2.60. The highest BCUT2D eigenvalue weighted by Crippen LogP contribution is 2.27. The van der Waals surface area contributed by atoms with E-state index in [0.29, 0.717) is 17.9 Å². The number of hydrogen-bond donors (Lipinski definition) is 2. The van der Waals surface area contributed by atoms with Gasteiger partial charge in [0.15, 0.2) is 0 Å². The van der Waals surface area contributed by atoms with Gasteiger partial charge in [0.1, 0.15) is 11.6 Å². The van der Waals surface area contributed by atoms with Crippen LogP contribution in [0.5, 0.6) is 5.75 Å². The van der Waals surface area contributed by atoms with Crippen LogP contribution in [0.4, 0.5) is 11.5 Å². The molecule has 6 heteroatoms. The molecule has 25 heavy (non-hydrogen) atoms. The number of benzene rings is 1. The van der Waals surface area contributed by atoms with Crippen LogP contribution in [0.3, 0.4) is 0 Å². The van der Waals surface area contributed by atoms with Crippen LogP contribution in [0.2, 0.25) is 0 Å². The Morgan fingerprint density at radius 3 is 2.68 bits per heavy atom. The Morgan fingerprint density at radius 2 is 2.04 bits per heavy atom. The summed E-state index contributed by atoms with van der Waals surface area (Å²) in [6, 6.07) is 9.44. The first-order valence-electron chi connectivity index (χ1n) is 8.30. The molecule has 0 saturated heterocycles. The zero-order chi connectivity index (χ0) is 18.2. The van der Waals surface area contributed by atoms with Gasteiger partial charge in [0, 0.05) is 12.7 Å². The van der Waals surface area contributed by atoms with E-state index in [1.165, 1.54) is 0 Å². The predicted molar refractivity (Wildman–Crippen MR) is 101 cm³/mol. The van der Waals surface area contributed by atoms with Crippen LogP contribution >= 0.6 is 0 Å². The van der Waals surface area contributed by atoms with Crippen molar-refractivity contribution in [1.82, 2.24) is 15.2 Å². The van der Waals surface area contributed by atoms with Crippen molar-refractivity contribution < 1.29 is 9.53 Å². The van der Waals surface area contributed by atoms with Crippen molar-refractivity contribution in [2.24, 2.45) is 0 Å². The fraction of sp³-hybridized carbons (Fsp3) is 0.368. The minimum atomic E-state index is -0.106. The number of carbonyl (C=O) groups excluding carboxylic acids is 1. The molecule has 0 radical (unpaired) electrons. The molecule has 1 aromatic carbocycles. The molecule has 1 amide bonds. The second-order valence-electron chi connectivity index (χ2n) is 6.17. The second-order valence-corrected chi connectivity index (χ2v) is 6.17. The van der Waals surface area contributed by atoms with E-state index >= 15 is 0 Å². The Kier molecular flexibility index (Phi) is 6.77. The molecule has 2 aromatic rings. The third-order valence-corrected chi connectivity index (χ3v) is 3.71. The Morgan fingerprint density at radius 1 is 1.24 bits per heavy atom. The molecule has 6 nitrogen and oxygen atoms in total. The largest absolute Gasteiger partial charge is 0.495 e. The van der Waals surface area contributed by atoms with Gasteiger partial charge in [0.2, 0.25) is 0 Å². The summed E-state index contributed by atoms with van der Waals surface area (Å²) in [7, 11) is 5.66. The quantitative estimate of drug-likeness (QED) is 0.722. The number of pyridine rings is 1. The first kappa shape index (κ1) is 18.7. The number of methoxy groups -OCH3 is 1. The van der Waals surface area contributed by atoms with Crippen LogP contribution in [0.25, 0.3) is 0 Å². The van der Waals surface area contributed by atoms with E-state index in [0.717, 1.165) is 30.0 Å². The van der Waals surface area contributed by atoms with E-state index in [4.69, 9.17) is 4.74 Å². The zero-order valence-corrected chi connectivity index (χ0v) is 15.3. The summed E-state index contributed by atoms with van der Waals surface area (Å²) in [5.74, 6) is 1.30. The van der Waals surface area contributed by atoms with Gasteiger partial charge in [-0.2, -0.15) is 0 Å². The van der Waals surface area contributed by atoms with Crippen LogP contribution in [0.1, 0.15) is 22.3 Å². The van der Waals surface area contributed by atoms with Crippen LogP contribution in [-0.2, 0) is 0 Å². The lowest BCUT2D eigenvalue weighted by Crippen LogP contribution is -2.27. The standard InChI is InChI=1S/C19H26N4O2/c1-14-6-8-17(25-4)16(12-14)22-18-9-7-15(13-21-18)19(24)20-10-5-11-23(2)3/h6-9,12-13H,5,10-11H2,1-4H3,(H,20,24)(H,21,22). The molecule has 2 rings (SSSR count). The number of aryl methyl sites for hydroxylation is 1. The van der Waals surface area contributed by atoms with E-state index in [9.17, 15) is 4.79 Å². The van der Waals surface area contributed by atoms with Gasteiger partial charge in [0.05, 0.1) is 18.4 Å². The first-order chi connectivity index (χ1) is 12.0. The molecule has 1 heterocycles. The molecule has 0 unspecified atom stereocenters. The molecule has 0 fully saturated rings. The number of nitrogens with zero attached hydrogens (tertiary/aromatic N) is 2. The number of hydrogen-bond acceptors (Lipinski definition) is 5. The highest BCUT2D eigenvalue weighted by atomic mass is 16.5. The number of rotatable bonds is 8. The smallest absolute Gasteiger partial charge is 0.252 e. The van der Waals surface area contributed by atoms with Gasteiger partial charge >= 0.3 is 0 Å². The maximum atomic E-state index is 12.1. The molecule has 0 aliphatic carbocycles. The summed E-state index contributed by atoms with van der Waals surface area (Å²) in [6.07, 6.45) is 2.49. The Bertz CT molecular complexity index is 699.